The van der Waals surface area contributed by atoms with Crippen molar-refractivity contribution in [1.29, 1.82) is 0 Å². The Balaban J connectivity index is 1.62. The largest absolute Gasteiger partial charge is 0.494 e. The van der Waals surface area contributed by atoms with Gasteiger partial charge in [-0.2, -0.15) is 13.2 Å². The van der Waals surface area contributed by atoms with Crippen LogP contribution in [0.3, 0.4) is 0 Å². The molecule has 1 fully saturated rings. The smallest absolute Gasteiger partial charge is 0.433 e. The van der Waals surface area contributed by atoms with Crippen LogP contribution < -0.4 is 15.0 Å². The molecule has 1 aliphatic rings. The van der Waals surface area contributed by atoms with Gasteiger partial charge in [0, 0.05) is 30.8 Å². The number of anilines is 1. The molecule has 29 heavy (non-hydrogen) atoms. The van der Waals surface area contributed by atoms with Crippen LogP contribution in [-0.2, 0) is 6.18 Å². The molecule has 0 spiro atoms. The summed E-state index contributed by atoms with van der Waals surface area (Å²) in [5.41, 5.74) is -0.802. The predicted molar refractivity (Wildman–Crippen MR) is 97.4 cm³/mol. The van der Waals surface area contributed by atoms with Crippen molar-refractivity contribution < 1.29 is 27.1 Å². The minimum absolute atomic E-state index is 0.0479. The lowest BCUT2D eigenvalue weighted by molar-refractivity contribution is -0.141. The molecule has 1 amide bonds. The molecule has 3 rings (SSSR count). The van der Waals surface area contributed by atoms with Crippen molar-refractivity contribution in [2.45, 2.75) is 32.0 Å². The summed E-state index contributed by atoms with van der Waals surface area (Å²) in [6.07, 6.45) is -3.49. The van der Waals surface area contributed by atoms with Crippen LogP contribution >= 0.6 is 0 Å². The Kier molecular flexibility index (Phi) is 5.90. The lowest BCUT2D eigenvalue weighted by Crippen LogP contribution is -2.45. The maximum absolute atomic E-state index is 13.8. The molecule has 10 heteroatoms. The standard InChI is InChI=1S/C19H20F4N4O2/c1-11-24-16(19(21,22)23)10-17(25-11)27-7-5-13(6-8-27)26-18(28)12-3-4-15(29-2)14(20)9-12/h3-4,9-10,13H,5-8H2,1-2H3,(H,26,28). The molecule has 0 radical (unpaired) electrons. The summed E-state index contributed by atoms with van der Waals surface area (Å²) in [5.74, 6) is -0.733. The number of piperidine rings is 1. The molecular formula is C19H20F4N4O2. The first-order valence-corrected chi connectivity index (χ1v) is 8.99. The average Bonchev–Trinajstić information content (AvgIpc) is 2.67. The Morgan fingerprint density at radius 2 is 1.90 bits per heavy atom. The van der Waals surface area contributed by atoms with Crippen molar-refractivity contribution in [3.8, 4) is 5.75 Å². The third kappa shape index (κ3) is 4.93. The monoisotopic (exact) mass is 412 g/mol. The van der Waals surface area contributed by atoms with E-state index in [4.69, 9.17) is 4.74 Å². The van der Waals surface area contributed by atoms with Gasteiger partial charge in [0.15, 0.2) is 11.6 Å². The maximum Gasteiger partial charge on any atom is 0.433 e. The number of alkyl halides is 3. The minimum Gasteiger partial charge on any atom is -0.494 e. The minimum atomic E-state index is -4.54. The Morgan fingerprint density at radius 3 is 2.48 bits per heavy atom. The molecule has 1 N–H and O–H groups in total. The second kappa shape index (κ2) is 8.22. The van der Waals surface area contributed by atoms with Gasteiger partial charge in [-0.25, -0.2) is 14.4 Å². The molecule has 0 unspecified atom stereocenters. The van der Waals surface area contributed by atoms with E-state index in [2.05, 4.69) is 15.3 Å². The zero-order chi connectivity index (χ0) is 21.2. The summed E-state index contributed by atoms with van der Waals surface area (Å²) in [7, 11) is 1.34. The van der Waals surface area contributed by atoms with Gasteiger partial charge in [0.05, 0.1) is 7.11 Å². The molecule has 0 bridgehead atoms. The predicted octanol–water partition coefficient (Wildman–Crippen LogP) is 3.35. The number of rotatable bonds is 4. The van der Waals surface area contributed by atoms with Crippen LogP contribution in [0.1, 0.15) is 34.7 Å². The average molecular weight is 412 g/mol. The van der Waals surface area contributed by atoms with Gasteiger partial charge in [-0.15, -0.1) is 0 Å². The van der Waals surface area contributed by atoms with E-state index in [9.17, 15) is 22.4 Å². The molecule has 6 nitrogen and oxygen atoms in total. The number of hydrogen-bond acceptors (Lipinski definition) is 5. The van der Waals surface area contributed by atoms with Crippen LogP contribution in [0.15, 0.2) is 24.3 Å². The van der Waals surface area contributed by atoms with Gasteiger partial charge < -0.3 is 15.0 Å². The van der Waals surface area contributed by atoms with Crippen molar-refractivity contribution in [1.82, 2.24) is 15.3 Å². The highest BCUT2D eigenvalue weighted by atomic mass is 19.4. The molecule has 2 heterocycles. The number of carbonyl (C=O) groups excluding carboxylic acids is 1. The van der Waals surface area contributed by atoms with Gasteiger partial charge in [0.25, 0.3) is 5.91 Å². The van der Waals surface area contributed by atoms with Crippen LogP contribution in [0.25, 0.3) is 0 Å². The van der Waals surface area contributed by atoms with Crippen molar-refractivity contribution in [3.63, 3.8) is 0 Å². The summed E-state index contributed by atoms with van der Waals surface area (Å²) >= 11 is 0. The maximum atomic E-state index is 13.8. The Morgan fingerprint density at radius 1 is 1.21 bits per heavy atom. The molecule has 2 aromatic rings. The molecular weight excluding hydrogens is 392 g/mol. The van der Waals surface area contributed by atoms with E-state index in [-0.39, 0.29) is 29.0 Å². The molecule has 1 aromatic heterocycles. The highest BCUT2D eigenvalue weighted by Crippen LogP contribution is 2.30. The number of aromatic nitrogens is 2. The number of amides is 1. The van der Waals surface area contributed by atoms with Gasteiger partial charge in [-0.1, -0.05) is 0 Å². The second-order valence-electron chi connectivity index (χ2n) is 6.74. The molecule has 1 aliphatic heterocycles. The number of nitrogens with zero attached hydrogens (tertiary/aromatic N) is 3. The summed E-state index contributed by atoms with van der Waals surface area (Å²) in [5, 5.41) is 2.83. The van der Waals surface area contributed by atoms with Gasteiger partial charge >= 0.3 is 6.18 Å². The Bertz CT molecular complexity index is 896. The summed E-state index contributed by atoms with van der Waals surface area (Å²) < 4.78 is 57.5. The third-order valence-corrected chi connectivity index (χ3v) is 4.68. The van der Waals surface area contributed by atoms with E-state index in [0.717, 1.165) is 12.1 Å². The zero-order valence-corrected chi connectivity index (χ0v) is 15.9. The Hall–Kier alpha value is -2.91. The first-order chi connectivity index (χ1) is 13.7. The number of aryl methyl sites for hydroxylation is 1. The molecule has 1 saturated heterocycles. The van der Waals surface area contributed by atoms with Crippen LogP contribution in [0.2, 0.25) is 0 Å². The van der Waals surface area contributed by atoms with Crippen LogP contribution in [0.4, 0.5) is 23.4 Å². The topological polar surface area (TPSA) is 67.3 Å². The molecule has 156 valence electrons. The molecule has 0 saturated carbocycles. The quantitative estimate of drug-likeness (QED) is 0.781. The van der Waals surface area contributed by atoms with E-state index in [0.29, 0.717) is 25.9 Å². The van der Waals surface area contributed by atoms with E-state index >= 15 is 0 Å². The highest BCUT2D eigenvalue weighted by Gasteiger charge is 2.34. The molecule has 0 aliphatic carbocycles. The number of hydrogen-bond donors (Lipinski definition) is 1. The fourth-order valence-electron chi connectivity index (χ4n) is 3.19. The second-order valence-corrected chi connectivity index (χ2v) is 6.74. The van der Waals surface area contributed by atoms with Gasteiger partial charge in [0.1, 0.15) is 17.3 Å². The van der Waals surface area contributed by atoms with E-state index in [1.165, 1.54) is 26.2 Å². The lowest BCUT2D eigenvalue weighted by Gasteiger charge is -2.33. The van der Waals surface area contributed by atoms with Crippen LogP contribution in [0.5, 0.6) is 5.75 Å². The van der Waals surface area contributed by atoms with Crippen molar-refractivity contribution >= 4 is 11.7 Å². The van der Waals surface area contributed by atoms with Gasteiger partial charge in [-0.05, 0) is 38.0 Å². The number of nitrogens with one attached hydrogen (secondary N) is 1. The zero-order valence-electron chi connectivity index (χ0n) is 15.9. The molecule has 1 aromatic carbocycles. The first kappa shape index (κ1) is 20.8. The van der Waals surface area contributed by atoms with Crippen LogP contribution in [0, 0.1) is 12.7 Å². The van der Waals surface area contributed by atoms with Gasteiger partial charge in [-0.3, -0.25) is 4.79 Å². The number of carbonyl (C=O) groups is 1. The first-order valence-electron chi connectivity index (χ1n) is 8.99. The number of methoxy groups -OCH3 is 1. The lowest BCUT2D eigenvalue weighted by atomic mass is 10.0. The number of halogens is 4. The summed E-state index contributed by atoms with van der Waals surface area (Å²) in [4.78, 5) is 21.6. The third-order valence-electron chi connectivity index (χ3n) is 4.68. The number of ether oxygens (including phenoxy) is 1. The molecule has 0 atom stereocenters. The SMILES string of the molecule is COc1ccc(C(=O)NC2CCN(c3cc(C(F)(F)F)nc(C)n3)CC2)cc1F. The van der Waals surface area contributed by atoms with Gasteiger partial charge in [0.2, 0.25) is 0 Å². The highest BCUT2D eigenvalue weighted by molar-refractivity contribution is 5.94. The fourth-order valence-corrected chi connectivity index (χ4v) is 3.19. The van der Waals surface area contributed by atoms with Crippen LogP contribution in [-0.4, -0.2) is 42.1 Å². The van der Waals surface area contributed by atoms with Crippen molar-refractivity contribution in [3.05, 3.63) is 47.2 Å². The summed E-state index contributed by atoms with van der Waals surface area (Å²) in [6, 6.07) is 4.71. The van der Waals surface area contributed by atoms with E-state index < -0.39 is 23.6 Å². The fraction of sp³-hybridized carbons (Fsp3) is 0.421. The Labute approximate surface area is 164 Å². The number of benzene rings is 1. The van der Waals surface area contributed by atoms with E-state index in [1.54, 1.807) is 4.90 Å². The van der Waals surface area contributed by atoms with Crippen molar-refractivity contribution in [2.24, 2.45) is 0 Å². The normalized spacial score (nSPS) is 15.3. The summed E-state index contributed by atoms with van der Waals surface area (Å²) in [6.45, 7) is 2.27. The van der Waals surface area contributed by atoms with Crippen molar-refractivity contribution in [2.75, 3.05) is 25.1 Å². The van der Waals surface area contributed by atoms with E-state index in [1.807, 2.05) is 0 Å².